The second kappa shape index (κ2) is 7.76. The molecule has 2 amide bonds. The number of anilines is 1. The van der Waals surface area contributed by atoms with E-state index in [1.165, 1.54) is 6.21 Å². The molecule has 0 aliphatic carbocycles. The quantitative estimate of drug-likeness (QED) is 0.506. The van der Waals surface area contributed by atoms with Gasteiger partial charge in [-0.15, -0.1) is 0 Å². The second-order valence-corrected chi connectivity index (χ2v) is 5.51. The Balaban J connectivity index is 1.90. The Labute approximate surface area is 143 Å². The number of rotatable bonds is 3. The van der Waals surface area contributed by atoms with Gasteiger partial charge in [-0.1, -0.05) is 47.0 Å². The number of nitrogens with one attached hydrogen (secondary N) is 2. The molecule has 2 N–H and O–H groups in total. The van der Waals surface area contributed by atoms with Crippen LogP contribution >= 0.6 is 23.2 Å². The SMILES string of the molecule is Cc1ccc(NC(=O)C(=O)NN=Cc2ccc(Cl)c(Cl)c2)cc1. The number of carbonyl (C=O) groups excluding carboxylic acids is 2. The number of hydrogen-bond acceptors (Lipinski definition) is 3. The lowest BCUT2D eigenvalue weighted by Crippen LogP contribution is -2.32. The van der Waals surface area contributed by atoms with Gasteiger partial charge in [0.2, 0.25) is 0 Å². The fourth-order valence-corrected chi connectivity index (χ4v) is 1.94. The third-order valence-corrected chi connectivity index (χ3v) is 3.58. The smallest absolute Gasteiger partial charge is 0.318 e. The molecule has 23 heavy (non-hydrogen) atoms. The Hall–Kier alpha value is -2.37. The van der Waals surface area contributed by atoms with Gasteiger partial charge >= 0.3 is 11.8 Å². The second-order valence-electron chi connectivity index (χ2n) is 4.69. The molecule has 0 aromatic heterocycles. The van der Waals surface area contributed by atoms with Crippen molar-refractivity contribution in [1.29, 1.82) is 0 Å². The predicted molar refractivity (Wildman–Crippen MR) is 92.0 cm³/mol. The van der Waals surface area contributed by atoms with Crippen LogP contribution in [0.25, 0.3) is 0 Å². The minimum Gasteiger partial charge on any atom is -0.318 e. The zero-order valence-electron chi connectivity index (χ0n) is 12.1. The fourth-order valence-electron chi connectivity index (χ4n) is 1.63. The van der Waals surface area contributed by atoms with Crippen molar-refractivity contribution >= 4 is 46.9 Å². The Kier molecular flexibility index (Phi) is 5.73. The van der Waals surface area contributed by atoms with Crippen LogP contribution in [0.3, 0.4) is 0 Å². The van der Waals surface area contributed by atoms with Crippen molar-refractivity contribution in [2.45, 2.75) is 6.92 Å². The molecule has 0 saturated heterocycles. The molecule has 0 bridgehead atoms. The summed E-state index contributed by atoms with van der Waals surface area (Å²) in [6.45, 7) is 1.93. The lowest BCUT2D eigenvalue weighted by atomic mass is 10.2. The molecule has 0 aliphatic heterocycles. The topological polar surface area (TPSA) is 70.6 Å². The van der Waals surface area contributed by atoms with E-state index in [4.69, 9.17) is 23.2 Å². The molecule has 0 spiro atoms. The molecule has 0 atom stereocenters. The summed E-state index contributed by atoms with van der Waals surface area (Å²) in [4.78, 5) is 23.3. The maximum atomic E-state index is 11.7. The Morgan fingerprint density at radius 3 is 2.35 bits per heavy atom. The van der Waals surface area contributed by atoms with E-state index >= 15 is 0 Å². The van der Waals surface area contributed by atoms with Gasteiger partial charge in [-0.05, 0) is 36.8 Å². The van der Waals surface area contributed by atoms with Crippen LogP contribution in [0, 0.1) is 6.92 Å². The van der Waals surface area contributed by atoms with Crippen molar-refractivity contribution < 1.29 is 9.59 Å². The largest absolute Gasteiger partial charge is 0.329 e. The number of carbonyl (C=O) groups is 2. The summed E-state index contributed by atoms with van der Waals surface area (Å²) in [7, 11) is 0. The number of benzene rings is 2. The van der Waals surface area contributed by atoms with Crippen LogP contribution in [0.2, 0.25) is 10.0 Å². The monoisotopic (exact) mass is 349 g/mol. The Bertz CT molecular complexity index is 758. The van der Waals surface area contributed by atoms with E-state index in [9.17, 15) is 9.59 Å². The van der Waals surface area contributed by atoms with E-state index in [0.717, 1.165) is 5.56 Å². The molecule has 2 aromatic rings. The maximum Gasteiger partial charge on any atom is 0.329 e. The highest BCUT2D eigenvalue weighted by atomic mass is 35.5. The molecule has 118 valence electrons. The summed E-state index contributed by atoms with van der Waals surface area (Å²) in [5.41, 5.74) is 4.36. The van der Waals surface area contributed by atoms with Crippen molar-refractivity contribution in [1.82, 2.24) is 5.43 Å². The van der Waals surface area contributed by atoms with Crippen LogP contribution in [0.5, 0.6) is 0 Å². The average molecular weight is 350 g/mol. The van der Waals surface area contributed by atoms with Crippen LogP contribution < -0.4 is 10.7 Å². The summed E-state index contributed by atoms with van der Waals surface area (Å²) in [6, 6.07) is 11.9. The van der Waals surface area contributed by atoms with Crippen molar-refractivity contribution in [3.05, 3.63) is 63.6 Å². The van der Waals surface area contributed by atoms with E-state index < -0.39 is 11.8 Å². The van der Waals surface area contributed by atoms with Crippen molar-refractivity contribution in [3.8, 4) is 0 Å². The lowest BCUT2D eigenvalue weighted by molar-refractivity contribution is -0.136. The molecule has 0 fully saturated rings. The van der Waals surface area contributed by atoms with Gasteiger partial charge in [0.1, 0.15) is 0 Å². The molecule has 7 heteroatoms. The minimum absolute atomic E-state index is 0.374. The summed E-state index contributed by atoms with van der Waals surface area (Å²) < 4.78 is 0. The molecule has 0 unspecified atom stereocenters. The normalized spacial score (nSPS) is 10.6. The summed E-state index contributed by atoms with van der Waals surface area (Å²) in [5.74, 6) is -1.68. The van der Waals surface area contributed by atoms with E-state index in [2.05, 4.69) is 15.8 Å². The zero-order valence-corrected chi connectivity index (χ0v) is 13.7. The molecule has 2 rings (SSSR count). The number of nitrogens with zero attached hydrogens (tertiary/aromatic N) is 1. The van der Waals surface area contributed by atoms with Crippen LogP contribution in [0.1, 0.15) is 11.1 Å². The standard InChI is InChI=1S/C16H13Cl2N3O2/c1-10-2-5-12(6-3-10)20-15(22)16(23)21-19-9-11-4-7-13(17)14(18)8-11/h2-9H,1H3,(H,20,22)(H,21,23). The van der Waals surface area contributed by atoms with Gasteiger partial charge in [0.15, 0.2) is 0 Å². The van der Waals surface area contributed by atoms with Crippen molar-refractivity contribution in [2.75, 3.05) is 5.32 Å². The lowest BCUT2D eigenvalue weighted by Gasteiger charge is -2.04. The van der Waals surface area contributed by atoms with Crippen LogP contribution in [0.4, 0.5) is 5.69 Å². The highest BCUT2D eigenvalue weighted by molar-refractivity contribution is 6.42. The van der Waals surface area contributed by atoms with E-state index in [1.54, 1.807) is 30.3 Å². The number of hydrogen-bond donors (Lipinski definition) is 2. The third kappa shape index (κ3) is 5.09. The highest BCUT2D eigenvalue weighted by Gasteiger charge is 2.12. The molecule has 2 aromatic carbocycles. The van der Waals surface area contributed by atoms with Crippen LogP contribution in [0.15, 0.2) is 47.6 Å². The molecule has 5 nitrogen and oxygen atoms in total. The molecular weight excluding hydrogens is 337 g/mol. The first-order valence-electron chi connectivity index (χ1n) is 6.62. The zero-order chi connectivity index (χ0) is 16.8. The van der Waals surface area contributed by atoms with Crippen molar-refractivity contribution in [3.63, 3.8) is 0 Å². The van der Waals surface area contributed by atoms with Gasteiger partial charge in [0.25, 0.3) is 0 Å². The Morgan fingerprint density at radius 2 is 1.70 bits per heavy atom. The summed E-state index contributed by atoms with van der Waals surface area (Å²) in [6.07, 6.45) is 1.36. The van der Waals surface area contributed by atoms with E-state index in [1.807, 2.05) is 19.1 Å². The summed E-state index contributed by atoms with van der Waals surface area (Å²) in [5, 5.41) is 6.97. The van der Waals surface area contributed by atoms with Gasteiger partial charge in [-0.25, -0.2) is 5.43 Å². The molecule has 0 radical (unpaired) electrons. The van der Waals surface area contributed by atoms with Gasteiger partial charge in [-0.3, -0.25) is 9.59 Å². The minimum atomic E-state index is -0.873. The Morgan fingerprint density at radius 1 is 1.00 bits per heavy atom. The van der Waals surface area contributed by atoms with Crippen LogP contribution in [-0.4, -0.2) is 18.0 Å². The average Bonchev–Trinajstić information content (AvgIpc) is 2.53. The third-order valence-electron chi connectivity index (χ3n) is 2.84. The summed E-state index contributed by atoms with van der Waals surface area (Å²) >= 11 is 11.7. The van der Waals surface area contributed by atoms with Gasteiger partial charge in [-0.2, -0.15) is 5.10 Å². The predicted octanol–water partition coefficient (Wildman–Crippen LogP) is 3.39. The van der Waals surface area contributed by atoms with Gasteiger partial charge in [0, 0.05) is 5.69 Å². The maximum absolute atomic E-state index is 11.7. The number of halogens is 2. The fraction of sp³-hybridized carbons (Fsp3) is 0.0625. The first-order chi connectivity index (χ1) is 11.0. The number of aryl methyl sites for hydroxylation is 1. The van der Waals surface area contributed by atoms with Gasteiger partial charge in [0.05, 0.1) is 16.3 Å². The molecular formula is C16H13Cl2N3O2. The van der Waals surface area contributed by atoms with E-state index in [0.29, 0.717) is 21.3 Å². The molecule has 0 saturated carbocycles. The van der Waals surface area contributed by atoms with Crippen molar-refractivity contribution in [2.24, 2.45) is 5.10 Å². The van der Waals surface area contributed by atoms with Gasteiger partial charge < -0.3 is 5.32 Å². The molecule has 0 heterocycles. The first-order valence-corrected chi connectivity index (χ1v) is 7.37. The van der Waals surface area contributed by atoms with Crippen LogP contribution in [-0.2, 0) is 9.59 Å². The first kappa shape index (κ1) is 17.0. The molecule has 0 aliphatic rings. The van der Waals surface area contributed by atoms with E-state index in [-0.39, 0.29) is 0 Å². The highest BCUT2D eigenvalue weighted by Crippen LogP contribution is 2.21. The number of amides is 2. The number of hydrazone groups is 1.